The van der Waals surface area contributed by atoms with E-state index >= 15 is 0 Å². The molecule has 0 aromatic heterocycles. The number of para-hydroxylation sites is 1. The van der Waals surface area contributed by atoms with E-state index in [9.17, 15) is 10.1 Å². The maximum atomic E-state index is 12.6. The number of carbonyl (C=O) groups excluding carboxylic acids is 1. The number of hydrogen-bond acceptors (Lipinski definition) is 3. The van der Waals surface area contributed by atoms with Crippen LogP contribution in [0.3, 0.4) is 0 Å². The van der Waals surface area contributed by atoms with Gasteiger partial charge in [-0.05, 0) is 91.9 Å². The number of nitriles is 1. The summed E-state index contributed by atoms with van der Waals surface area (Å²) in [5.74, 6) is 0.102. The molecule has 0 heterocycles. The molecule has 0 spiro atoms. The Morgan fingerprint density at radius 3 is 2.41 bits per heavy atom. The number of anilines is 1. The van der Waals surface area contributed by atoms with Crippen LogP contribution in [-0.2, 0) is 11.4 Å². The fourth-order valence-electron chi connectivity index (χ4n) is 2.80. The second-order valence-corrected chi connectivity index (χ2v) is 9.31. The van der Waals surface area contributed by atoms with Gasteiger partial charge >= 0.3 is 0 Å². The fraction of sp³-hybridized carbons (Fsp3) is 0.0833. The molecule has 0 bridgehead atoms. The highest BCUT2D eigenvalue weighted by Gasteiger charge is 2.13. The number of benzene rings is 3. The average molecular weight is 595 g/mol. The Kier molecular flexibility index (Phi) is 8.38. The molecule has 0 saturated heterocycles. The summed E-state index contributed by atoms with van der Waals surface area (Å²) in [4.78, 5) is 12.6. The van der Waals surface area contributed by atoms with Crippen molar-refractivity contribution in [1.29, 1.82) is 5.26 Å². The number of ether oxygens (including phenoxy) is 1. The summed E-state index contributed by atoms with van der Waals surface area (Å²) >= 11 is 19.0. The van der Waals surface area contributed by atoms with Crippen LogP contribution in [0.5, 0.6) is 5.75 Å². The molecular weight excluding hydrogens is 579 g/mol. The molecule has 1 N–H and O–H groups in total. The third kappa shape index (κ3) is 6.14. The third-order valence-corrected chi connectivity index (χ3v) is 6.37. The van der Waals surface area contributed by atoms with Crippen LogP contribution in [0.1, 0.15) is 16.7 Å². The zero-order valence-electron chi connectivity index (χ0n) is 16.8. The first-order chi connectivity index (χ1) is 15.3. The molecule has 3 aromatic carbocycles. The van der Waals surface area contributed by atoms with Gasteiger partial charge in [0.15, 0.2) is 0 Å². The molecule has 0 atom stereocenters. The van der Waals surface area contributed by atoms with Gasteiger partial charge < -0.3 is 10.1 Å². The van der Waals surface area contributed by atoms with Crippen LogP contribution >= 0.6 is 55.1 Å². The lowest BCUT2D eigenvalue weighted by molar-refractivity contribution is -0.112. The zero-order valence-corrected chi connectivity index (χ0v) is 21.4. The molecule has 32 heavy (non-hydrogen) atoms. The molecule has 3 rings (SSSR count). The molecule has 8 heteroatoms. The maximum Gasteiger partial charge on any atom is 0.266 e. The van der Waals surface area contributed by atoms with E-state index in [1.54, 1.807) is 30.3 Å². The summed E-state index contributed by atoms with van der Waals surface area (Å²) < 4.78 is 7.24. The second kappa shape index (κ2) is 11.0. The number of halogens is 4. The maximum absolute atomic E-state index is 12.6. The molecule has 162 valence electrons. The standard InChI is InChI=1S/C24H16Br2Cl2N2O2/c1-14-4-2-3-5-22(14)30-24(31)17(12-29)8-16-9-18(25)23(19(26)10-16)32-13-15-6-7-20(27)21(28)11-15/h2-11H,13H2,1H3,(H,30,31)/b17-8-. The first kappa shape index (κ1) is 24.3. The molecular formula is C24H16Br2Cl2N2O2. The summed E-state index contributed by atoms with van der Waals surface area (Å²) in [7, 11) is 0. The van der Waals surface area contributed by atoms with Crippen molar-refractivity contribution in [2.75, 3.05) is 5.32 Å². The van der Waals surface area contributed by atoms with Crippen molar-refractivity contribution >= 4 is 72.7 Å². The van der Waals surface area contributed by atoms with Crippen LogP contribution in [-0.4, -0.2) is 5.91 Å². The Morgan fingerprint density at radius 1 is 1.09 bits per heavy atom. The number of amides is 1. The zero-order chi connectivity index (χ0) is 23.3. The minimum Gasteiger partial charge on any atom is -0.487 e. The number of nitrogens with one attached hydrogen (secondary N) is 1. The monoisotopic (exact) mass is 592 g/mol. The molecule has 1 amide bonds. The number of hydrogen-bond donors (Lipinski definition) is 1. The van der Waals surface area contributed by atoms with Gasteiger partial charge in [0.1, 0.15) is 24.0 Å². The average Bonchev–Trinajstić information content (AvgIpc) is 2.75. The predicted molar refractivity (Wildman–Crippen MR) is 136 cm³/mol. The first-order valence-electron chi connectivity index (χ1n) is 9.33. The lowest BCUT2D eigenvalue weighted by atomic mass is 10.1. The van der Waals surface area contributed by atoms with Crippen molar-refractivity contribution in [2.45, 2.75) is 13.5 Å². The van der Waals surface area contributed by atoms with Gasteiger partial charge in [0.05, 0.1) is 19.0 Å². The largest absolute Gasteiger partial charge is 0.487 e. The lowest BCUT2D eigenvalue weighted by Gasteiger charge is -2.12. The Labute approximate surface area is 213 Å². The highest BCUT2D eigenvalue weighted by atomic mass is 79.9. The van der Waals surface area contributed by atoms with E-state index in [2.05, 4.69) is 37.2 Å². The molecule has 0 aliphatic heterocycles. The van der Waals surface area contributed by atoms with Crippen LogP contribution < -0.4 is 10.1 Å². The molecule has 4 nitrogen and oxygen atoms in total. The number of nitrogens with zero attached hydrogens (tertiary/aromatic N) is 1. The molecule has 0 radical (unpaired) electrons. The van der Waals surface area contributed by atoms with E-state index in [0.29, 0.717) is 36.0 Å². The van der Waals surface area contributed by atoms with Gasteiger partial charge in [-0.3, -0.25) is 4.79 Å². The van der Waals surface area contributed by atoms with Crippen LogP contribution in [0, 0.1) is 18.3 Å². The van der Waals surface area contributed by atoms with Crippen molar-refractivity contribution in [2.24, 2.45) is 0 Å². The van der Waals surface area contributed by atoms with Gasteiger partial charge in [0.25, 0.3) is 5.91 Å². The minimum atomic E-state index is -0.478. The van der Waals surface area contributed by atoms with E-state index in [1.165, 1.54) is 6.08 Å². The number of aryl methyl sites for hydroxylation is 1. The number of rotatable bonds is 6. The molecule has 0 fully saturated rings. The van der Waals surface area contributed by atoms with E-state index in [4.69, 9.17) is 27.9 Å². The van der Waals surface area contributed by atoms with E-state index in [-0.39, 0.29) is 12.2 Å². The van der Waals surface area contributed by atoms with Crippen molar-refractivity contribution in [3.05, 3.63) is 95.9 Å². The Balaban J connectivity index is 1.78. The SMILES string of the molecule is Cc1ccccc1NC(=O)/C(C#N)=C\c1cc(Br)c(OCc2ccc(Cl)c(Cl)c2)c(Br)c1. The third-order valence-electron chi connectivity index (χ3n) is 4.46. The van der Waals surface area contributed by atoms with Crippen molar-refractivity contribution in [3.63, 3.8) is 0 Å². The fourth-order valence-corrected chi connectivity index (χ4v) is 4.58. The number of carbonyl (C=O) groups is 1. The van der Waals surface area contributed by atoms with E-state index in [0.717, 1.165) is 11.1 Å². The highest BCUT2D eigenvalue weighted by Crippen LogP contribution is 2.36. The van der Waals surface area contributed by atoms with Gasteiger partial charge in [-0.2, -0.15) is 5.26 Å². The minimum absolute atomic E-state index is 0.0171. The summed E-state index contributed by atoms with van der Waals surface area (Å²) in [5.41, 5.74) is 3.07. The first-order valence-corrected chi connectivity index (χ1v) is 11.7. The van der Waals surface area contributed by atoms with Crippen LogP contribution in [0.2, 0.25) is 10.0 Å². The van der Waals surface area contributed by atoms with E-state index in [1.807, 2.05) is 37.3 Å². The summed E-state index contributed by atoms with van der Waals surface area (Å²) in [6.45, 7) is 2.17. The van der Waals surface area contributed by atoms with Gasteiger partial charge in [-0.25, -0.2) is 0 Å². The quantitative estimate of drug-likeness (QED) is 0.233. The van der Waals surface area contributed by atoms with Gasteiger partial charge in [-0.15, -0.1) is 0 Å². The smallest absolute Gasteiger partial charge is 0.266 e. The normalized spacial score (nSPS) is 11.1. The Bertz CT molecular complexity index is 1230. The van der Waals surface area contributed by atoms with Crippen LogP contribution in [0.15, 0.2) is 69.1 Å². The molecule has 0 aliphatic carbocycles. The van der Waals surface area contributed by atoms with Crippen molar-refractivity contribution < 1.29 is 9.53 Å². The van der Waals surface area contributed by atoms with Gasteiger partial charge in [0, 0.05) is 5.69 Å². The lowest BCUT2D eigenvalue weighted by Crippen LogP contribution is -2.14. The van der Waals surface area contributed by atoms with Crippen LogP contribution in [0.4, 0.5) is 5.69 Å². The highest BCUT2D eigenvalue weighted by molar-refractivity contribution is 9.11. The van der Waals surface area contributed by atoms with Crippen LogP contribution in [0.25, 0.3) is 6.08 Å². The summed E-state index contributed by atoms with van der Waals surface area (Å²) in [5, 5.41) is 13.2. The van der Waals surface area contributed by atoms with E-state index < -0.39 is 5.91 Å². The second-order valence-electron chi connectivity index (χ2n) is 6.79. The molecule has 3 aromatic rings. The summed E-state index contributed by atoms with van der Waals surface area (Å²) in [6.07, 6.45) is 1.52. The van der Waals surface area contributed by atoms with Crippen molar-refractivity contribution in [3.8, 4) is 11.8 Å². The summed E-state index contributed by atoms with van der Waals surface area (Å²) in [6, 6.07) is 18.2. The Morgan fingerprint density at radius 2 is 1.78 bits per heavy atom. The van der Waals surface area contributed by atoms with Crippen molar-refractivity contribution in [1.82, 2.24) is 0 Å². The molecule has 0 saturated carbocycles. The van der Waals surface area contributed by atoms with Gasteiger partial charge in [0.2, 0.25) is 0 Å². The molecule has 0 aliphatic rings. The van der Waals surface area contributed by atoms with Gasteiger partial charge in [-0.1, -0.05) is 47.5 Å². The Hall–Kier alpha value is -2.30. The predicted octanol–water partition coefficient (Wildman–Crippen LogP) is 7.95. The topological polar surface area (TPSA) is 62.1 Å². The molecule has 0 unspecified atom stereocenters.